The third kappa shape index (κ3) is 3.99. The van der Waals surface area contributed by atoms with Gasteiger partial charge in [-0.15, -0.1) is 0 Å². The van der Waals surface area contributed by atoms with E-state index in [2.05, 4.69) is 15.3 Å². The van der Waals surface area contributed by atoms with Gasteiger partial charge < -0.3 is 5.32 Å². The van der Waals surface area contributed by atoms with Crippen LogP contribution in [0.3, 0.4) is 0 Å². The fourth-order valence-electron chi connectivity index (χ4n) is 2.41. The molecule has 3 rings (SSSR count). The second-order valence-corrected chi connectivity index (χ2v) is 7.81. The highest BCUT2D eigenvalue weighted by atomic mass is 32.2. The van der Waals surface area contributed by atoms with Crippen molar-refractivity contribution >= 4 is 26.7 Å². The van der Waals surface area contributed by atoms with Gasteiger partial charge in [0.05, 0.1) is 16.7 Å². The minimum absolute atomic E-state index is 0.0280. The highest BCUT2D eigenvalue weighted by Crippen LogP contribution is 2.11. The van der Waals surface area contributed by atoms with E-state index in [0.717, 1.165) is 11.1 Å². The van der Waals surface area contributed by atoms with Crippen LogP contribution in [0.5, 0.6) is 0 Å². The molecule has 2 N–H and O–H groups in total. The molecule has 0 radical (unpaired) electrons. The Labute approximate surface area is 139 Å². The number of nitrogens with one attached hydrogen (secondary N) is 2. The lowest BCUT2D eigenvalue weighted by Crippen LogP contribution is -2.13. The van der Waals surface area contributed by atoms with Crippen molar-refractivity contribution in [1.29, 1.82) is 0 Å². The summed E-state index contributed by atoms with van der Waals surface area (Å²) < 4.78 is 22.6. The molecular formula is C17H17N3O3S. The van der Waals surface area contributed by atoms with Gasteiger partial charge in [0.25, 0.3) is 5.56 Å². The Morgan fingerprint density at radius 2 is 1.71 bits per heavy atom. The number of rotatable bonds is 5. The second kappa shape index (κ2) is 6.45. The summed E-state index contributed by atoms with van der Waals surface area (Å²) in [5.74, 6) is 0.430. The summed E-state index contributed by atoms with van der Waals surface area (Å²) in [4.78, 5) is 19.1. The van der Waals surface area contributed by atoms with E-state index in [1.54, 1.807) is 30.3 Å². The molecule has 0 spiro atoms. The average molecular weight is 343 g/mol. The van der Waals surface area contributed by atoms with Gasteiger partial charge in [0.15, 0.2) is 9.84 Å². The summed E-state index contributed by atoms with van der Waals surface area (Å²) >= 11 is 0. The van der Waals surface area contributed by atoms with Crippen LogP contribution in [-0.4, -0.2) is 24.6 Å². The van der Waals surface area contributed by atoms with Crippen molar-refractivity contribution in [2.75, 3.05) is 11.6 Å². The number of nitrogens with zero attached hydrogens (tertiary/aromatic N) is 1. The van der Waals surface area contributed by atoms with Gasteiger partial charge in [-0.25, -0.2) is 13.4 Å². The van der Waals surface area contributed by atoms with E-state index >= 15 is 0 Å². The Kier molecular flexibility index (Phi) is 4.35. The van der Waals surface area contributed by atoms with Crippen LogP contribution in [-0.2, 0) is 22.1 Å². The van der Waals surface area contributed by atoms with Crippen molar-refractivity contribution < 1.29 is 8.42 Å². The van der Waals surface area contributed by atoms with E-state index in [4.69, 9.17) is 0 Å². The molecule has 0 unspecified atom stereocenters. The Bertz CT molecular complexity index is 1020. The van der Waals surface area contributed by atoms with Gasteiger partial charge in [0.1, 0.15) is 0 Å². The van der Waals surface area contributed by atoms with Crippen LogP contribution >= 0.6 is 0 Å². The first kappa shape index (κ1) is 16.2. The van der Waals surface area contributed by atoms with Gasteiger partial charge in [-0.2, -0.15) is 0 Å². The highest BCUT2D eigenvalue weighted by Gasteiger charge is 2.05. The van der Waals surface area contributed by atoms with Crippen molar-refractivity contribution in [1.82, 2.24) is 9.97 Å². The second-order valence-electron chi connectivity index (χ2n) is 5.67. The van der Waals surface area contributed by atoms with Crippen LogP contribution in [0.1, 0.15) is 11.1 Å². The van der Waals surface area contributed by atoms with E-state index < -0.39 is 9.84 Å². The quantitative estimate of drug-likeness (QED) is 0.740. The van der Waals surface area contributed by atoms with Gasteiger partial charge in [-0.3, -0.25) is 9.78 Å². The van der Waals surface area contributed by atoms with Gasteiger partial charge in [0.2, 0.25) is 5.95 Å². The number of anilines is 1. The molecule has 0 aliphatic heterocycles. The summed E-state index contributed by atoms with van der Waals surface area (Å²) in [5, 5.41) is 3.63. The highest BCUT2D eigenvalue weighted by molar-refractivity contribution is 7.89. The van der Waals surface area contributed by atoms with Crippen LogP contribution in [0.25, 0.3) is 10.9 Å². The van der Waals surface area contributed by atoms with E-state index in [9.17, 15) is 13.2 Å². The van der Waals surface area contributed by atoms with Crippen LogP contribution in [0, 0.1) is 0 Å². The lowest BCUT2D eigenvalue weighted by molar-refractivity contribution is 0.601. The Balaban J connectivity index is 1.73. The molecule has 0 atom stereocenters. The molecule has 0 saturated heterocycles. The predicted octanol–water partition coefficient (Wildman–Crippen LogP) is 2.08. The van der Waals surface area contributed by atoms with E-state index in [-0.39, 0.29) is 11.3 Å². The first-order valence-corrected chi connectivity index (χ1v) is 9.45. The molecule has 6 nitrogen and oxygen atoms in total. The van der Waals surface area contributed by atoms with E-state index in [0.29, 0.717) is 23.4 Å². The Hall–Kier alpha value is -2.67. The maximum absolute atomic E-state index is 12.0. The zero-order valence-corrected chi connectivity index (χ0v) is 13.9. The lowest BCUT2D eigenvalue weighted by Gasteiger charge is -2.07. The third-order valence-corrected chi connectivity index (χ3v) is 4.38. The lowest BCUT2D eigenvalue weighted by atomic mass is 10.1. The van der Waals surface area contributed by atoms with Crippen molar-refractivity contribution in [3.05, 3.63) is 70.0 Å². The maximum Gasteiger partial charge on any atom is 0.260 e. The van der Waals surface area contributed by atoms with Crippen molar-refractivity contribution in [2.45, 2.75) is 12.3 Å². The zero-order valence-electron chi connectivity index (χ0n) is 13.1. The SMILES string of the molecule is CS(=O)(=O)Cc1ccc(CNc2nc3ccccc3c(=O)[nH]2)cc1. The van der Waals surface area contributed by atoms with E-state index in [1.165, 1.54) is 6.26 Å². The van der Waals surface area contributed by atoms with Crippen LogP contribution in [0.15, 0.2) is 53.3 Å². The van der Waals surface area contributed by atoms with Crippen LogP contribution in [0.4, 0.5) is 5.95 Å². The normalized spacial score (nSPS) is 11.5. The van der Waals surface area contributed by atoms with Crippen molar-refractivity contribution in [2.24, 2.45) is 0 Å². The molecule has 1 heterocycles. The largest absolute Gasteiger partial charge is 0.352 e. The number of fused-ring (bicyclic) bond motifs is 1. The van der Waals surface area contributed by atoms with Crippen molar-refractivity contribution in [3.8, 4) is 0 Å². The molecule has 0 saturated carbocycles. The summed E-state index contributed by atoms with van der Waals surface area (Å²) in [6.45, 7) is 0.473. The third-order valence-electron chi connectivity index (χ3n) is 3.52. The molecule has 0 bridgehead atoms. The van der Waals surface area contributed by atoms with E-state index in [1.807, 2.05) is 18.2 Å². The summed E-state index contributed by atoms with van der Waals surface area (Å²) in [6.07, 6.45) is 1.21. The molecule has 0 aliphatic carbocycles. The van der Waals surface area contributed by atoms with Gasteiger partial charge in [0, 0.05) is 12.8 Å². The smallest absolute Gasteiger partial charge is 0.260 e. The number of hydrogen-bond donors (Lipinski definition) is 2. The monoisotopic (exact) mass is 343 g/mol. The van der Waals surface area contributed by atoms with Crippen LogP contribution in [0.2, 0.25) is 0 Å². The number of para-hydroxylation sites is 1. The average Bonchev–Trinajstić information content (AvgIpc) is 2.53. The number of sulfone groups is 1. The standard InChI is InChI=1S/C17H17N3O3S/c1-24(22,23)11-13-8-6-12(7-9-13)10-18-17-19-15-5-3-2-4-14(15)16(21)20-17/h2-9H,10-11H2,1H3,(H2,18,19,20,21). The first-order chi connectivity index (χ1) is 11.4. The predicted molar refractivity (Wildman–Crippen MR) is 94.7 cm³/mol. The summed E-state index contributed by atoms with van der Waals surface area (Å²) in [5.41, 5.74) is 2.15. The van der Waals surface area contributed by atoms with Crippen molar-refractivity contribution in [3.63, 3.8) is 0 Å². The number of aromatic nitrogens is 2. The first-order valence-electron chi connectivity index (χ1n) is 7.39. The fourth-order valence-corrected chi connectivity index (χ4v) is 3.21. The number of aromatic amines is 1. The molecule has 3 aromatic rings. The topological polar surface area (TPSA) is 91.9 Å². The van der Waals surface area contributed by atoms with Crippen LogP contribution < -0.4 is 10.9 Å². The molecule has 2 aromatic carbocycles. The molecular weight excluding hydrogens is 326 g/mol. The minimum Gasteiger partial charge on any atom is -0.352 e. The molecule has 1 aromatic heterocycles. The number of hydrogen-bond acceptors (Lipinski definition) is 5. The molecule has 0 amide bonds. The zero-order chi connectivity index (χ0) is 17.2. The fraction of sp³-hybridized carbons (Fsp3) is 0.176. The summed E-state index contributed by atoms with van der Waals surface area (Å²) in [6, 6.07) is 14.4. The maximum atomic E-state index is 12.0. The number of benzene rings is 2. The minimum atomic E-state index is -3.04. The van der Waals surface area contributed by atoms with Gasteiger partial charge in [-0.05, 0) is 23.3 Å². The Morgan fingerprint density at radius 3 is 2.42 bits per heavy atom. The Morgan fingerprint density at radius 1 is 1.04 bits per heavy atom. The summed E-state index contributed by atoms with van der Waals surface area (Å²) in [7, 11) is -3.04. The molecule has 124 valence electrons. The molecule has 0 fully saturated rings. The van der Waals surface area contributed by atoms with Gasteiger partial charge in [-0.1, -0.05) is 36.4 Å². The molecule has 24 heavy (non-hydrogen) atoms. The molecule has 7 heteroatoms. The van der Waals surface area contributed by atoms with Gasteiger partial charge >= 0.3 is 0 Å². The number of H-pyrrole nitrogens is 1. The molecule has 0 aliphatic rings.